The number of nitrogens with zero attached hydrogens (tertiary/aromatic N) is 1. The van der Waals surface area contributed by atoms with Crippen molar-refractivity contribution in [3.63, 3.8) is 0 Å². The van der Waals surface area contributed by atoms with E-state index in [9.17, 15) is 18.0 Å². The first kappa shape index (κ1) is 14.6. The van der Waals surface area contributed by atoms with Gasteiger partial charge in [-0.15, -0.1) is 0 Å². The van der Waals surface area contributed by atoms with Crippen LogP contribution in [0.15, 0.2) is 24.3 Å². The largest absolute Gasteiger partial charge is 0.430 e. The molecule has 0 aliphatic heterocycles. The molecule has 0 aliphatic rings. The molecule has 0 unspecified atom stereocenters. The van der Waals surface area contributed by atoms with Crippen molar-refractivity contribution in [2.75, 3.05) is 0 Å². The summed E-state index contributed by atoms with van der Waals surface area (Å²) in [6.07, 6.45) is -6.03. The number of amides is 1. The number of alkyl halides is 3. The van der Waals surface area contributed by atoms with Crippen LogP contribution in [-0.4, -0.2) is 10.5 Å². The highest BCUT2D eigenvalue weighted by Gasteiger charge is 2.39. The van der Waals surface area contributed by atoms with E-state index in [-0.39, 0.29) is 17.2 Å². The van der Waals surface area contributed by atoms with Crippen molar-refractivity contribution in [3.8, 4) is 17.0 Å². The summed E-state index contributed by atoms with van der Waals surface area (Å²) < 4.78 is 46.6. The van der Waals surface area contributed by atoms with Crippen LogP contribution in [-0.2, 0) is 6.18 Å². The highest BCUT2D eigenvalue weighted by molar-refractivity contribution is 7.06. The number of rotatable bonds is 2. The number of hydrogen-bond donors (Lipinski definition) is 1. The van der Waals surface area contributed by atoms with Gasteiger partial charge in [0.25, 0.3) is 0 Å². The SMILES string of the molecule is NC(=O)Oc1c(-c2ccc(Cl)cc2)nsc1C(F)(F)F. The van der Waals surface area contributed by atoms with E-state index in [1.165, 1.54) is 24.3 Å². The van der Waals surface area contributed by atoms with Crippen molar-refractivity contribution in [1.82, 2.24) is 4.37 Å². The third kappa shape index (κ3) is 3.02. The van der Waals surface area contributed by atoms with Crippen molar-refractivity contribution in [2.45, 2.75) is 6.18 Å². The van der Waals surface area contributed by atoms with E-state index in [0.29, 0.717) is 10.6 Å². The van der Waals surface area contributed by atoms with Crippen molar-refractivity contribution in [3.05, 3.63) is 34.2 Å². The summed E-state index contributed by atoms with van der Waals surface area (Å²) in [4.78, 5) is 9.65. The fraction of sp³-hybridized carbons (Fsp3) is 0.0909. The fourth-order valence-electron chi connectivity index (χ4n) is 1.45. The summed E-state index contributed by atoms with van der Waals surface area (Å²) in [5, 5.41) is 0.414. The smallest absolute Gasteiger partial charge is 0.407 e. The molecule has 0 saturated carbocycles. The zero-order valence-electron chi connectivity index (χ0n) is 9.57. The van der Waals surface area contributed by atoms with E-state index < -0.39 is 22.9 Å². The number of hydrogen-bond acceptors (Lipinski definition) is 4. The van der Waals surface area contributed by atoms with Gasteiger partial charge in [-0.1, -0.05) is 23.7 Å². The topological polar surface area (TPSA) is 65.2 Å². The van der Waals surface area contributed by atoms with E-state index in [4.69, 9.17) is 17.3 Å². The van der Waals surface area contributed by atoms with Crippen LogP contribution < -0.4 is 10.5 Å². The lowest BCUT2D eigenvalue weighted by atomic mass is 10.1. The summed E-state index contributed by atoms with van der Waals surface area (Å²) in [6, 6.07) is 5.89. The molecule has 1 heterocycles. The fourth-order valence-corrected chi connectivity index (χ4v) is 2.27. The van der Waals surface area contributed by atoms with Crippen molar-refractivity contribution < 1.29 is 22.7 Å². The van der Waals surface area contributed by atoms with Gasteiger partial charge in [0.15, 0.2) is 10.6 Å². The Bertz CT molecular complexity index is 640. The molecule has 106 valence electrons. The quantitative estimate of drug-likeness (QED) is 0.910. The van der Waals surface area contributed by atoms with Crippen LogP contribution in [0.25, 0.3) is 11.3 Å². The summed E-state index contributed by atoms with van der Waals surface area (Å²) in [7, 11) is 0. The standard InChI is InChI=1S/C11H6ClF3N2O2S/c12-6-3-1-5(2-4-6)7-8(19-10(16)18)9(20-17-7)11(13,14)15/h1-4H,(H2,16,18). The van der Waals surface area contributed by atoms with Gasteiger partial charge in [-0.05, 0) is 23.7 Å². The summed E-state index contributed by atoms with van der Waals surface area (Å²) in [5.41, 5.74) is 5.01. The minimum absolute atomic E-state index is 0.113. The molecule has 1 aromatic heterocycles. The van der Waals surface area contributed by atoms with Gasteiger partial charge in [0.1, 0.15) is 5.69 Å². The zero-order valence-corrected chi connectivity index (χ0v) is 11.1. The Balaban J connectivity index is 2.56. The maximum atomic E-state index is 12.8. The van der Waals surface area contributed by atoms with Crippen LogP contribution in [0, 0.1) is 0 Å². The molecule has 4 nitrogen and oxygen atoms in total. The van der Waals surface area contributed by atoms with Crippen LogP contribution >= 0.6 is 23.1 Å². The van der Waals surface area contributed by atoms with Crippen LogP contribution in [0.5, 0.6) is 5.75 Å². The first-order valence-corrected chi connectivity index (χ1v) is 6.24. The molecule has 2 aromatic rings. The molecule has 0 atom stereocenters. The lowest BCUT2D eigenvalue weighted by Gasteiger charge is -2.07. The number of nitrogens with two attached hydrogens (primary N) is 1. The van der Waals surface area contributed by atoms with E-state index in [0.717, 1.165) is 0 Å². The second-order valence-corrected chi connectivity index (χ2v) is 4.83. The normalized spacial score (nSPS) is 11.4. The second kappa shape index (κ2) is 5.29. The van der Waals surface area contributed by atoms with Gasteiger partial charge in [0.2, 0.25) is 0 Å². The van der Waals surface area contributed by atoms with Crippen LogP contribution in [0.1, 0.15) is 4.88 Å². The van der Waals surface area contributed by atoms with Gasteiger partial charge < -0.3 is 10.5 Å². The molecule has 0 spiro atoms. The Hall–Kier alpha value is -1.80. The van der Waals surface area contributed by atoms with Crippen molar-refractivity contribution in [2.24, 2.45) is 5.73 Å². The molecule has 0 fully saturated rings. The lowest BCUT2D eigenvalue weighted by Crippen LogP contribution is -2.18. The number of primary amides is 1. The molecule has 1 aromatic carbocycles. The zero-order chi connectivity index (χ0) is 14.9. The predicted octanol–water partition coefficient (Wildman–Crippen LogP) is 3.94. The molecule has 0 aliphatic carbocycles. The summed E-state index contributed by atoms with van der Waals surface area (Å²) in [5.74, 6) is -0.697. The highest BCUT2D eigenvalue weighted by atomic mass is 35.5. The van der Waals surface area contributed by atoms with Gasteiger partial charge in [-0.3, -0.25) is 0 Å². The van der Waals surface area contributed by atoms with Gasteiger partial charge in [0.05, 0.1) is 0 Å². The molecule has 20 heavy (non-hydrogen) atoms. The average Bonchev–Trinajstić information content (AvgIpc) is 2.72. The van der Waals surface area contributed by atoms with Crippen molar-refractivity contribution in [1.29, 1.82) is 0 Å². The van der Waals surface area contributed by atoms with Gasteiger partial charge in [0, 0.05) is 10.6 Å². The number of benzene rings is 1. The Morgan fingerprint density at radius 2 is 1.90 bits per heavy atom. The first-order chi connectivity index (χ1) is 9.29. The van der Waals surface area contributed by atoms with Crippen LogP contribution in [0.3, 0.4) is 0 Å². The van der Waals surface area contributed by atoms with Crippen LogP contribution in [0.2, 0.25) is 5.02 Å². The maximum Gasteiger partial charge on any atom is 0.430 e. The molecule has 0 bridgehead atoms. The van der Waals surface area contributed by atoms with Crippen molar-refractivity contribution >= 4 is 29.2 Å². The third-order valence-corrected chi connectivity index (χ3v) is 3.35. The monoisotopic (exact) mass is 322 g/mol. The molecular weight excluding hydrogens is 317 g/mol. The lowest BCUT2D eigenvalue weighted by molar-refractivity contribution is -0.135. The molecule has 2 rings (SSSR count). The van der Waals surface area contributed by atoms with Gasteiger partial charge >= 0.3 is 12.3 Å². The minimum Gasteiger partial charge on any atom is -0.407 e. The Labute approximate surface area is 120 Å². The number of carbonyl (C=O) groups is 1. The second-order valence-electron chi connectivity index (χ2n) is 3.62. The van der Waals surface area contributed by atoms with E-state index >= 15 is 0 Å². The number of ether oxygens (including phenoxy) is 1. The molecule has 9 heteroatoms. The molecule has 1 amide bonds. The van der Waals surface area contributed by atoms with Crippen LogP contribution in [0.4, 0.5) is 18.0 Å². The predicted molar refractivity (Wildman–Crippen MR) is 67.8 cm³/mol. The Kier molecular flexibility index (Phi) is 3.87. The van der Waals surface area contributed by atoms with Gasteiger partial charge in [-0.25, -0.2) is 4.79 Å². The summed E-state index contributed by atoms with van der Waals surface area (Å²) in [6.45, 7) is 0. The summed E-state index contributed by atoms with van der Waals surface area (Å²) >= 11 is 5.88. The minimum atomic E-state index is -4.69. The number of halogens is 4. The third-order valence-electron chi connectivity index (χ3n) is 2.23. The maximum absolute atomic E-state index is 12.8. The Morgan fingerprint density at radius 1 is 1.30 bits per heavy atom. The van der Waals surface area contributed by atoms with E-state index in [1.54, 1.807) is 0 Å². The molecule has 0 radical (unpaired) electrons. The van der Waals surface area contributed by atoms with E-state index in [2.05, 4.69) is 9.11 Å². The average molecular weight is 323 g/mol. The number of carbonyl (C=O) groups excluding carboxylic acids is 1. The number of aromatic nitrogens is 1. The highest BCUT2D eigenvalue weighted by Crippen LogP contribution is 2.44. The van der Waals surface area contributed by atoms with Gasteiger partial charge in [-0.2, -0.15) is 17.5 Å². The van der Waals surface area contributed by atoms with E-state index in [1.807, 2.05) is 0 Å². The first-order valence-electron chi connectivity index (χ1n) is 5.09. The molecule has 0 saturated heterocycles. The Morgan fingerprint density at radius 3 is 2.40 bits per heavy atom. The molecular formula is C11H6ClF3N2O2S. The molecule has 2 N–H and O–H groups in total.